The van der Waals surface area contributed by atoms with Gasteiger partial charge in [0.25, 0.3) is 0 Å². The third-order valence-corrected chi connectivity index (χ3v) is 6.95. The van der Waals surface area contributed by atoms with Gasteiger partial charge in [0.15, 0.2) is 0 Å². The molecule has 0 heterocycles. The summed E-state index contributed by atoms with van der Waals surface area (Å²) < 4.78 is 17.6. The van der Waals surface area contributed by atoms with Crippen LogP contribution in [-0.2, 0) is 25.1 Å². The average Bonchev–Trinajstić information content (AvgIpc) is 2.65. The summed E-state index contributed by atoms with van der Waals surface area (Å²) in [5, 5.41) is 8.86. The molecule has 0 bridgehead atoms. The van der Waals surface area contributed by atoms with Crippen LogP contribution in [0.2, 0.25) is 0 Å². The molecular weight excluding hydrogens is 447 g/mol. The third kappa shape index (κ3) is 6.62. The van der Waals surface area contributed by atoms with Crippen LogP contribution in [0, 0.1) is 10.7 Å². The van der Waals surface area contributed by atoms with Gasteiger partial charge in [-0.3, -0.25) is 0 Å². The van der Waals surface area contributed by atoms with Gasteiger partial charge >= 0.3 is 186 Å². The molecule has 1 aliphatic rings. The predicted octanol–water partition coefficient (Wildman–Crippen LogP) is 3.36. The Labute approximate surface area is 186 Å². The van der Waals surface area contributed by atoms with Gasteiger partial charge in [0, 0.05) is 0 Å². The molecule has 0 radical (unpaired) electrons. The van der Waals surface area contributed by atoms with E-state index in [1.54, 1.807) is 14.0 Å². The molecule has 5 nitrogen and oxygen atoms in total. The van der Waals surface area contributed by atoms with E-state index in [0.717, 1.165) is 29.1 Å². The Morgan fingerprint density at radius 2 is 1.80 bits per heavy atom. The summed E-state index contributed by atoms with van der Waals surface area (Å²) in [6.45, 7) is 12.0. The predicted molar refractivity (Wildman–Crippen MR) is 120 cm³/mol. The molecule has 6 heteroatoms. The van der Waals surface area contributed by atoms with Crippen molar-refractivity contribution < 1.29 is 24.1 Å². The first-order chi connectivity index (χ1) is 14.1. The molecule has 1 aliphatic carbocycles. The van der Waals surface area contributed by atoms with Crippen LogP contribution in [0.15, 0.2) is 23.8 Å². The van der Waals surface area contributed by atoms with E-state index >= 15 is 0 Å². The molecule has 0 aromatic heterocycles. The maximum atomic E-state index is 10.8. The van der Waals surface area contributed by atoms with E-state index in [1.165, 1.54) is 11.1 Å². The number of hydrogen-bond acceptors (Lipinski definition) is 4. The van der Waals surface area contributed by atoms with Gasteiger partial charge in [0.05, 0.1) is 0 Å². The van der Waals surface area contributed by atoms with E-state index in [0.29, 0.717) is 18.8 Å². The number of rotatable bonds is 8. The molecule has 0 aliphatic heterocycles. The summed E-state index contributed by atoms with van der Waals surface area (Å²) in [5.41, 5.74) is 3.38. The van der Waals surface area contributed by atoms with Gasteiger partial charge in [-0.15, -0.1) is 0 Å². The van der Waals surface area contributed by atoms with E-state index < -0.39 is 5.97 Å². The summed E-state index contributed by atoms with van der Waals surface area (Å²) in [7, 11) is 1.64. The summed E-state index contributed by atoms with van der Waals surface area (Å²) in [5.74, 6) is 2.76. The quantitative estimate of drug-likeness (QED) is 0.204. The molecule has 0 unspecified atom stereocenters. The van der Waals surface area contributed by atoms with Gasteiger partial charge in [0.1, 0.15) is 0 Å². The Morgan fingerprint density at radius 1 is 1.17 bits per heavy atom. The number of carboxylic acids is 1. The molecular formula is C24H32O5Se. The Kier molecular flexibility index (Phi) is 8.58. The van der Waals surface area contributed by atoms with E-state index in [-0.39, 0.29) is 32.6 Å². The van der Waals surface area contributed by atoms with E-state index in [9.17, 15) is 4.79 Å². The molecule has 2 rings (SSSR count). The third-order valence-electron chi connectivity index (χ3n) is 5.40. The minimum absolute atomic E-state index is 0.0812. The number of hydrogen-bond donors (Lipinski definition) is 1. The molecule has 30 heavy (non-hydrogen) atoms. The monoisotopic (exact) mass is 480 g/mol. The molecule has 1 N–H and O–H groups in total. The fraction of sp³-hybridized carbons (Fsp3) is 0.542. The first-order valence-electron chi connectivity index (χ1n) is 10.0. The first-order valence-corrected chi connectivity index (χ1v) is 11.8. The summed E-state index contributed by atoms with van der Waals surface area (Å²) in [6.07, 6.45) is 3.38. The molecule has 164 valence electrons. The molecule has 0 amide bonds. The van der Waals surface area contributed by atoms with Crippen LogP contribution < -0.4 is 9.20 Å². The van der Waals surface area contributed by atoms with Gasteiger partial charge in [-0.25, -0.2) is 0 Å². The van der Waals surface area contributed by atoms with Crippen LogP contribution in [0.5, 0.6) is 5.75 Å². The van der Waals surface area contributed by atoms with Crippen molar-refractivity contribution in [3.63, 3.8) is 0 Å². The van der Waals surface area contributed by atoms with Crippen LogP contribution >= 0.6 is 0 Å². The Balaban J connectivity index is 2.37. The number of allylic oxidation sites excluding steroid dienone is 1. The fourth-order valence-corrected chi connectivity index (χ4v) is 4.96. The zero-order valence-electron chi connectivity index (χ0n) is 18.8. The summed E-state index contributed by atoms with van der Waals surface area (Å²) >= 11 is -0.178. The molecule has 0 saturated heterocycles. The molecule has 1 aromatic rings. The van der Waals surface area contributed by atoms with Gasteiger partial charge in [-0.2, -0.15) is 0 Å². The number of methoxy groups -OCH3 is 1. The SMILES string of the molecule is COCCOCOc1cc2c(cc1[Se]C#CC(C)=CC(=O)O)C(C)(C)CCC2(C)C. The number of fused-ring (bicyclic) bond motifs is 1. The first kappa shape index (κ1) is 24.5. The number of aliphatic carboxylic acids is 1. The Hall–Kier alpha value is -1.77. The van der Waals surface area contributed by atoms with Crippen molar-refractivity contribution in [1.82, 2.24) is 0 Å². The molecule has 0 atom stereocenters. The number of ether oxygens (including phenoxy) is 3. The van der Waals surface area contributed by atoms with E-state index in [4.69, 9.17) is 19.3 Å². The van der Waals surface area contributed by atoms with Crippen LogP contribution in [0.1, 0.15) is 58.6 Å². The second kappa shape index (κ2) is 10.5. The molecule has 0 spiro atoms. The Morgan fingerprint density at radius 3 is 2.40 bits per heavy atom. The van der Waals surface area contributed by atoms with Crippen LogP contribution in [0.3, 0.4) is 0 Å². The van der Waals surface area contributed by atoms with Crippen LogP contribution in [-0.4, -0.2) is 53.1 Å². The zero-order valence-corrected chi connectivity index (χ0v) is 20.5. The van der Waals surface area contributed by atoms with Crippen molar-refractivity contribution in [2.24, 2.45) is 0 Å². The molecule has 0 saturated carbocycles. The van der Waals surface area contributed by atoms with E-state index in [1.807, 2.05) is 0 Å². The van der Waals surface area contributed by atoms with Crippen molar-refractivity contribution in [3.05, 3.63) is 34.9 Å². The summed E-state index contributed by atoms with van der Waals surface area (Å²) in [6, 6.07) is 4.40. The number of carboxylic acid groups (broad SMARTS) is 1. The standard InChI is InChI=1S/C24H32O5Se/c1-17(13-22(25)26)7-12-30-21-15-19-18(23(2,3)8-9-24(19,4)5)14-20(21)29-16-28-11-10-27-6/h13-15H,8-11,16H2,1-6H3,(H,25,26). The van der Waals surface area contributed by atoms with E-state index in [2.05, 4.69) is 50.6 Å². The van der Waals surface area contributed by atoms with Crippen molar-refractivity contribution in [2.75, 3.05) is 27.1 Å². The summed E-state index contributed by atoms with van der Waals surface area (Å²) in [4.78, 5) is 14.0. The minimum atomic E-state index is -0.982. The molecule has 1 aromatic carbocycles. The van der Waals surface area contributed by atoms with Gasteiger partial charge in [0.2, 0.25) is 0 Å². The number of carbonyl (C=O) groups is 1. The molecule has 0 fully saturated rings. The maximum absolute atomic E-state index is 10.8. The van der Waals surface area contributed by atoms with Crippen molar-refractivity contribution in [2.45, 2.75) is 58.3 Å². The van der Waals surface area contributed by atoms with Gasteiger partial charge in [-0.05, 0) is 0 Å². The van der Waals surface area contributed by atoms with Crippen LogP contribution in [0.25, 0.3) is 0 Å². The van der Waals surface area contributed by atoms with Crippen molar-refractivity contribution >= 4 is 25.4 Å². The normalized spacial score (nSPS) is 16.9. The van der Waals surface area contributed by atoms with Crippen molar-refractivity contribution in [1.29, 1.82) is 0 Å². The topological polar surface area (TPSA) is 65.0 Å². The average molecular weight is 479 g/mol. The fourth-order valence-electron chi connectivity index (χ4n) is 3.46. The second-order valence-electron chi connectivity index (χ2n) is 8.77. The van der Waals surface area contributed by atoms with Gasteiger partial charge in [-0.1, -0.05) is 0 Å². The van der Waals surface area contributed by atoms with Crippen molar-refractivity contribution in [3.8, 4) is 16.5 Å². The van der Waals surface area contributed by atoms with Crippen LogP contribution in [0.4, 0.5) is 0 Å². The zero-order chi connectivity index (χ0) is 22.4. The Bertz CT molecular complexity index is 858. The second-order valence-corrected chi connectivity index (χ2v) is 10.5. The van der Waals surface area contributed by atoms with Gasteiger partial charge < -0.3 is 0 Å². The number of benzene rings is 1.